The van der Waals surface area contributed by atoms with E-state index in [0.29, 0.717) is 25.4 Å². The average Bonchev–Trinajstić information content (AvgIpc) is 3.05. The Kier molecular flexibility index (Phi) is 4.07. The van der Waals surface area contributed by atoms with Crippen molar-refractivity contribution in [1.29, 1.82) is 0 Å². The van der Waals surface area contributed by atoms with Gasteiger partial charge in [-0.05, 0) is 36.6 Å². The molecule has 5 nitrogen and oxygen atoms in total. The molecular formula is C17H23N3O2. The zero-order chi connectivity index (χ0) is 15.7. The number of carbonyl (C=O) groups excluding carboxylic acids is 1. The highest BCUT2D eigenvalue weighted by Crippen LogP contribution is 2.22. The molecule has 1 aromatic heterocycles. The number of carbonyl (C=O) groups is 1. The fourth-order valence-corrected chi connectivity index (χ4v) is 2.96. The van der Waals surface area contributed by atoms with Crippen molar-refractivity contribution in [2.24, 2.45) is 5.92 Å². The number of rotatable bonds is 3. The molecule has 2 N–H and O–H groups in total. The monoisotopic (exact) mass is 301 g/mol. The topological polar surface area (TPSA) is 57.5 Å². The molecule has 1 unspecified atom stereocenters. The summed E-state index contributed by atoms with van der Waals surface area (Å²) < 4.78 is 2.24. The number of β-amino-alcohol motifs (C(OH)–C–C–N with tert-alkyl or cyclic N) is 1. The number of aliphatic hydroxyl groups is 1. The van der Waals surface area contributed by atoms with Gasteiger partial charge in [-0.2, -0.15) is 0 Å². The first-order valence-corrected chi connectivity index (χ1v) is 7.86. The van der Waals surface area contributed by atoms with Gasteiger partial charge in [-0.1, -0.05) is 13.8 Å². The molecule has 0 spiro atoms. The molecule has 0 bridgehead atoms. The number of aliphatic hydroxyl groups excluding tert-OH is 1. The Labute approximate surface area is 130 Å². The van der Waals surface area contributed by atoms with Crippen molar-refractivity contribution >= 4 is 22.6 Å². The third-order valence-corrected chi connectivity index (χ3v) is 4.03. The molecule has 0 radical (unpaired) electrons. The summed E-state index contributed by atoms with van der Waals surface area (Å²) in [6.45, 7) is 6.41. The van der Waals surface area contributed by atoms with Gasteiger partial charge in [0.1, 0.15) is 0 Å². The maximum Gasteiger partial charge on any atom is 0.321 e. The van der Waals surface area contributed by atoms with E-state index in [4.69, 9.17) is 0 Å². The van der Waals surface area contributed by atoms with Gasteiger partial charge < -0.3 is 19.9 Å². The van der Waals surface area contributed by atoms with Crippen LogP contribution in [0.4, 0.5) is 10.5 Å². The molecule has 22 heavy (non-hydrogen) atoms. The Morgan fingerprint density at radius 3 is 2.91 bits per heavy atom. The van der Waals surface area contributed by atoms with E-state index in [9.17, 15) is 9.90 Å². The number of likely N-dealkylation sites (tertiary alicyclic amines) is 1. The molecule has 1 saturated heterocycles. The summed E-state index contributed by atoms with van der Waals surface area (Å²) in [5.41, 5.74) is 1.98. The van der Waals surface area contributed by atoms with Gasteiger partial charge in [0.15, 0.2) is 0 Å². The first kappa shape index (κ1) is 14.9. The first-order chi connectivity index (χ1) is 10.5. The lowest BCUT2D eigenvalue weighted by Gasteiger charge is -2.16. The lowest BCUT2D eigenvalue weighted by atomic mass is 10.2. The number of nitrogens with one attached hydrogen (secondary N) is 1. The molecule has 1 atom stereocenters. The average molecular weight is 301 g/mol. The normalized spacial score (nSPS) is 18.4. The van der Waals surface area contributed by atoms with Crippen LogP contribution in [-0.4, -0.2) is 39.8 Å². The van der Waals surface area contributed by atoms with Crippen LogP contribution < -0.4 is 5.32 Å². The third kappa shape index (κ3) is 3.09. The van der Waals surface area contributed by atoms with Gasteiger partial charge in [-0.15, -0.1) is 0 Å². The Morgan fingerprint density at radius 1 is 1.41 bits per heavy atom. The fraction of sp³-hybridized carbons (Fsp3) is 0.471. The minimum absolute atomic E-state index is 0.141. The Bertz CT molecular complexity index is 678. The molecule has 0 aliphatic carbocycles. The highest BCUT2D eigenvalue weighted by Gasteiger charge is 2.24. The van der Waals surface area contributed by atoms with Gasteiger partial charge in [-0.25, -0.2) is 4.79 Å². The first-order valence-electron chi connectivity index (χ1n) is 7.86. The van der Waals surface area contributed by atoms with E-state index >= 15 is 0 Å². The number of nitrogens with zero attached hydrogens (tertiary/aromatic N) is 2. The number of hydrogen-bond acceptors (Lipinski definition) is 2. The molecule has 1 aliphatic rings. The van der Waals surface area contributed by atoms with Crippen LogP contribution in [0, 0.1) is 5.92 Å². The van der Waals surface area contributed by atoms with E-state index in [2.05, 4.69) is 36.0 Å². The van der Waals surface area contributed by atoms with Crippen LogP contribution in [0.15, 0.2) is 30.5 Å². The molecule has 1 fully saturated rings. The number of benzene rings is 1. The van der Waals surface area contributed by atoms with Crippen molar-refractivity contribution in [1.82, 2.24) is 9.47 Å². The molecule has 2 amide bonds. The number of amides is 2. The van der Waals surface area contributed by atoms with Crippen molar-refractivity contribution in [2.75, 3.05) is 18.4 Å². The summed E-state index contributed by atoms with van der Waals surface area (Å²) in [5, 5.41) is 13.5. The van der Waals surface area contributed by atoms with E-state index in [1.165, 1.54) is 5.52 Å². The lowest BCUT2D eigenvalue weighted by Crippen LogP contribution is -2.33. The maximum absolute atomic E-state index is 12.1. The van der Waals surface area contributed by atoms with Gasteiger partial charge in [0.2, 0.25) is 0 Å². The SMILES string of the molecule is CC(C)Cn1ccc2cc(NC(=O)N3CCC(O)C3)ccc21. The number of hydrogen-bond donors (Lipinski definition) is 2. The van der Waals surface area contributed by atoms with E-state index in [1.54, 1.807) is 4.90 Å². The minimum atomic E-state index is -0.390. The minimum Gasteiger partial charge on any atom is -0.391 e. The Hall–Kier alpha value is -2.01. The third-order valence-electron chi connectivity index (χ3n) is 4.03. The van der Waals surface area contributed by atoms with Crippen LogP contribution in [0.3, 0.4) is 0 Å². The zero-order valence-electron chi connectivity index (χ0n) is 13.1. The van der Waals surface area contributed by atoms with Crippen molar-refractivity contribution in [3.63, 3.8) is 0 Å². The van der Waals surface area contributed by atoms with Crippen molar-refractivity contribution in [3.05, 3.63) is 30.5 Å². The second kappa shape index (κ2) is 6.01. The standard InChI is InChI=1S/C17H23N3O2/c1-12(2)10-19-7-5-13-9-14(3-4-16(13)19)18-17(22)20-8-6-15(21)11-20/h3-5,7,9,12,15,21H,6,8,10-11H2,1-2H3,(H,18,22). The predicted octanol–water partition coefficient (Wildman–Crippen LogP) is 2.90. The van der Waals surface area contributed by atoms with Crippen LogP contribution in [0.25, 0.3) is 10.9 Å². The van der Waals surface area contributed by atoms with Crippen LogP contribution in [0.5, 0.6) is 0 Å². The summed E-state index contributed by atoms with van der Waals surface area (Å²) in [5.74, 6) is 0.594. The molecule has 118 valence electrons. The quantitative estimate of drug-likeness (QED) is 0.916. The number of urea groups is 1. The number of fused-ring (bicyclic) bond motifs is 1. The van der Waals surface area contributed by atoms with Crippen LogP contribution in [-0.2, 0) is 6.54 Å². The smallest absolute Gasteiger partial charge is 0.321 e. The van der Waals surface area contributed by atoms with Crippen molar-refractivity contribution < 1.29 is 9.90 Å². The highest BCUT2D eigenvalue weighted by molar-refractivity contribution is 5.93. The molecule has 5 heteroatoms. The predicted molar refractivity (Wildman–Crippen MR) is 88.0 cm³/mol. The fourth-order valence-electron chi connectivity index (χ4n) is 2.96. The summed E-state index contributed by atoms with van der Waals surface area (Å²) in [6, 6.07) is 7.91. The van der Waals surface area contributed by atoms with Gasteiger partial charge in [-0.3, -0.25) is 0 Å². The van der Waals surface area contributed by atoms with Gasteiger partial charge in [0.25, 0.3) is 0 Å². The van der Waals surface area contributed by atoms with Crippen molar-refractivity contribution in [2.45, 2.75) is 32.9 Å². The Morgan fingerprint density at radius 2 is 2.23 bits per heavy atom. The summed E-state index contributed by atoms with van der Waals surface area (Å²) in [6.07, 6.45) is 2.36. The molecule has 1 aromatic carbocycles. The van der Waals surface area contributed by atoms with E-state index in [-0.39, 0.29) is 6.03 Å². The highest BCUT2D eigenvalue weighted by atomic mass is 16.3. The van der Waals surface area contributed by atoms with Crippen LogP contribution in [0.1, 0.15) is 20.3 Å². The van der Waals surface area contributed by atoms with Gasteiger partial charge in [0, 0.05) is 42.4 Å². The largest absolute Gasteiger partial charge is 0.391 e. The molecule has 3 rings (SSSR count). The summed E-state index contributed by atoms with van der Waals surface area (Å²) >= 11 is 0. The second-order valence-electron chi connectivity index (χ2n) is 6.45. The molecule has 0 saturated carbocycles. The maximum atomic E-state index is 12.1. The van der Waals surface area contributed by atoms with E-state index in [1.807, 2.05) is 18.2 Å². The molecular weight excluding hydrogens is 278 g/mol. The van der Waals surface area contributed by atoms with Gasteiger partial charge >= 0.3 is 6.03 Å². The molecule has 1 aliphatic heterocycles. The molecule has 2 aromatic rings. The summed E-state index contributed by atoms with van der Waals surface area (Å²) in [7, 11) is 0. The Balaban J connectivity index is 1.74. The molecule has 2 heterocycles. The van der Waals surface area contributed by atoms with Crippen LogP contribution in [0.2, 0.25) is 0 Å². The lowest BCUT2D eigenvalue weighted by molar-refractivity contribution is 0.176. The van der Waals surface area contributed by atoms with E-state index < -0.39 is 6.10 Å². The van der Waals surface area contributed by atoms with E-state index in [0.717, 1.165) is 17.6 Å². The van der Waals surface area contributed by atoms with Crippen molar-refractivity contribution in [3.8, 4) is 0 Å². The van der Waals surface area contributed by atoms with Crippen LogP contribution >= 0.6 is 0 Å². The van der Waals surface area contributed by atoms with Gasteiger partial charge in [0.05, 0.1) is 6.10 Å². The number of anilines is 1. The second-order valence-corrected chi connectivity index (χ2v) is 6.45. The zero-order valence-corrected chi connectivity index (χ0v) is 13.1. The number of aromatic nitrogens is 1. The summed E-state index contributed by atoms with van der Waals surface area (Å²) in [4.78, 5) is 13.8.